The first-order valence-corrected chi connectivity index (χ1v) is 10.5. The van der Waals surface area contributed by atoms with Crippen LogP contribution in [0.5, 0.6) is 0 Å². The van der Waals surface area contributed by atoms with E-state index in [-0.39, 0.29) is 11.8 Å². The number of nitrogens with two attached hydrogens (primary N) is 1. The van der Waals surface area contributed by atoms with Gasteiger partial charge in [0.2, 0.25) is 0 Å². The van der Waals surface area contributed by atoms with E-state index in [4.69, 9.17) is 5.73 Å². The van der Waals surface area contributed by atoms with Gasteiger partial charge in [0.15, 0.2) is 0 Å². The summed E-state index contributed by atoms with van der Waals surface area (Å²) >= 11 is 0. The number of hydrogen-bond acceptors (Lipinski definition) is 3. The van der Waals surface area contributed by atoms with Crippen LogP contribution < -0.4 is 11.1 Å². The van der Waals surface area contributed by atoms with Gasteiger partial charge < -0.3 is 14.9 Å². The van der Waals surface area contributed by atoms with Gasteiger partial charge in [0.05, 0.1) is 16.7 Å². The molecule has 1 unspecified atom stereocenters. The highest BCUT2D eigenvalue weighted by Crippen LogP contribution is 2.40. The van der Waals surface area contributed by atoms with Crippen molar-refractivity contribution in [3.63, 3.8) is 0 Å². The molecule has 0 bridgehead atoms. The van der Waals surface area contributed by atoms with Gasteiger partial charge in [0.25, 0.3) is 11.8 Å². The Morgan fingerprint density at radius 3 is 2.45 bits per heavy atom. The van der Waals surface area contributed by atoms with Gasteiger partial charge in [-0.25, -0.2) is 0 Å². The van der Waals surface area contributed by atoms with E-state index in [1.54, 1.807) is 0 Å². The largest absolute Gasteiger partial charge is 0.350 e. The molecule has 2 amide bonds. The third-order valence-electron chi connectivity index (χ3n) is 6.65. The molecule has 0 aliphatic carbocycles. The zero-order valence-corrected chi connectivity index (χ0v) is 17.2. The Morgan fingerprint density at radius 2 is 1.68 bits per heavy atom. The third kappa shape index (κ3) is 2.48. The van der Waals surface area contributed by atoms with Crippen molar-refractivity contribution in [1.82, 2.24) is 14.5 Å². The molecule has 0 radical (unpaired) electrons. The fourth-order valence-electron chi connectivity index (χ4n) is 5.27. The maximum absolute atomic E-state index is 13.0. The lowest BCUT2D eigenvalue weighted by Crippen LogP contribution is -2.25. The molecule has 0 saturated carbocycles. The number of fused-ring (bicyclic) bond motifs is 1. The van der Waals surface area contributed by atoms with E-state index < -0.39 is 0 Å². The van der Waals surface area contributed by atoms with Crippen LogP contribution >= 0.6 is 0 Å². The van der Waals surface area contributed by atoms with E-state index in [0.717, 1.165) is 45.9 Å². The molecule has 0 saturated heterocycles. The summed E-state index contributed by atoms with van der Waals surface area (Å²) < 4.78 is 4.19. The number of carbonyl (C=O) groups is 2. The second-order valence-electron chi connectivity index (χ2n) is 8.52. The van der Waals surface area contributed by atoms with Crippen LogP contribution in [0, 0.1) is 5.92 Å². The van der Waals surface area contributed by atoms with E-state index in [1.807, 2.05) is 60.4 Å². The predicted molar refractivity (Wildman–Crippen MR) is 121 cm³/mol. The molecule has 6 heteroatoms. The molecule has 2 aromatic heterocycles. The van der Waals surface area contributed by atoms with Gasteiger partial charge in [-0.1, -0.05) is 36.4 Å². The number of aryl methyl sites for hydroxylation is 1. The van der Waals surface area contributed by atoms with Gasteiger partial charge in [-0.3, -0.25) is 14.9 Å². The van der Waals surface area contributed by atoms with Crippen molar-refractivity contribution in [2.45, 2.75) is 13.0 Å². The van der Waals surface area contributed by atoms with Crippen molar-refractivity contribution in [3.05, 3.63) is 71.5 Å². The minimum Gasteiger partial charge on any atom is -0.350 e. The monoisotopic (exact) mass is 410 g/mol. The van der Waals surface area contributed by atoms with Crippen molar-refractivity contribution >= 4 is 44.8 Å². The van der Waals surface area contributed by atoms with Crippen molar-refractivity contribution in [3.8, 4) is 0 Å². The predicted octanol–water partition coefficient (Wildman–Crippen LogP) is 2.83. The average Bonchev–Trinajstić information content (AvgIpc) is 3.40. The maximum Gasteiger partial charge on any atom is 0.259 e. The number of aromatic nitrogens is 2. The Labute approximate surface area is 178 Å². The van der Waals surface area contributed by atoms with Crippen LogP contribution in [0.15, 0.2) is 54.9 Å². The Kier molecular flexibility index (Phi) is 3.76. The van der Waals surface area contributed by atoms with Gasteiger partial charge in [-0.05, 0) is 30.5 Å². The number of rotatable bonds is 3. The molecular formula is C25H22N4O2. The van der Waals surface area contributed by atoms with Gasteiger partial charge in [0.1, 0.15) is 0 Å². The molecule has 2 aliphatic rings. The molecule has 31 heavy (non-hydrogen) atoms. The number of amides is 2. The standard InChI is InChI=1S/C25H22N4O2/c1-28-12-18(16-6-2-3-8-20(16)28)21-22(25(31)27-24(21)30)19-13-29-11-14(10-26)9-15-5-4-7-17(19)23(15)29/h2-8,12-14H,9-11,26H2,1H3,(H,27,30,31). The normalized spacial score (nSPS) is 18.5. The molecule has 4 aromatic rings. The van der Waals surface area contributed by atoms with Crippen molar-refractivity contribution in [1.29, 1.82) is 0 Å². The van der Waals surface area contributed by atoms with Gasteiger partial charge in [0, 0.05) is 53.4 Å². The van der Waals surface area contributed by atoms with Gasteiger partial charge >= 0.3 is 0 Å². The highest BCUT2D eigenvalue weighted by Gasteiger charge is 2.36. The van der Waals surface area contributed by atoms with Crippen LogP contribution in [-0.4, -0.2) is 27.5 Å². The number of benzene rings is 2. The SMILES string of the molecule is Cn1cc(C2=C(c3cn4c5c(cccc35)CC(CN)C4)C(=O)NC2=O)c2ccccc21. The van der Waals surface area contributed by atoms with Crippen LogP contribution in [-0.2, 0) is 29.6 Å². The molecule has 4 heterocycles. The molecule has 0 fully saturated rings. The van der Waals surface area contributed by atoms with Crippen LogP contribution in [0.3, 0.4) is 0 Å². The topological polar surface area (TPSA) is 82.0 Å². The summed E-state index contributed by atoms with van der Waals surface area (Å²) in [5, 5.41) is 4.50. The van der Waals surface area contributed by atoms with E-state index in [1.165, 1.54) is 5.56 Å². The Hall–Kier alpha value is -3.64. The van der Waals surface area contributed by atoms with E-state index in [0.29, 0.717) is 23.6 Å². The summed E-state index contributed by atoms with van der Waals surface area (Å²) in [5.74, 6) is -0.320. The Morgan fingerprint density at radius 1 is 0.968 bits per heavy atom. The first-order chi connectivity index (χ1) is 15.1. The van der Waals surface area contributed by atoms with Crippen LogP contribution in [0.2, 0.25) is 0 Å². The van der Waals surface area contributed by atoms with E-state index in [2.05, 4.69) is 16.0 Å². The smallest absolute Gasteiger partial charge is 0.259 e. The zero-order chi connectivity index (χ0) is 21.3. The molecule has 6 rings (SSSR count). The van der Waals surface area contributed by atoms with E-state index >= 15 is 0 Å². The molecule has 3 N–H and O–H groups in total. The number of para-hydroxylation sites is 2. The highest BCUT2D eigenvalue weighted by molar-refractivity contribution is 6.50. The number of nitrogens with one attached hydrogen (secondary N) is 1. The van der Waals surface area contributed by atoms with Crippen LogP contribution in [0.4, 0.5) is 0 Å². The van der Waals surface area contributed by atoms with E-state index in [9.17, 15) is 9.59 Å². The summed E-state index contributed by atoms with van der Waals surface area (Å²) in [7, 11) is 1.95. The summed E-state index contributed by atoms with van der Waals surface area (Å²) in [5.41, 5.74) is 11.9. The molecular weight excluding hydrogens is 388 g/mol. The lowest BCUT2D eigenvalue weighted by molar-refractivity contribution is -0.122. The molecule has 2 aliphatic heterocycles. The lowest BCUT2D eigenvalue weighted by Gasteiger charge is -2.23. The molecule has 6 nitrogen and oxygen atoms in total. The first kappa shape index (κ1) is 18.2. The molecule has 2 aromatic carbocycles. The Bertz CT molecular complexity index is 1450. The summed E-state index contributed by atoms with van der Waals surface area (Å²) in [6, 6.07) is 14.1. The number of nitrogens with zero attached hydrogens (tertiary/aromatic N) is 2. The molecule has 1 atom stereocenters. The second kappa shape index (κ2) is 6.43. The fraction of sp³-hybridized carbons (Fsp3) is 0.200. The zero-order valence-electron chi connectivity index (χ0n) is 17.2. The second-order valence-corrected chi connectivity index (χ2v) is 8.52. The maximum atomic E-state index is 13.0. The summed E-state index contributed by atoms with van der Waals surface area (Å²) in [6.07, 6.45) is 4.89. The quantitative estimate of drug-likeness (QED) is 0.510. The minimum absolute atomic E-state index is 0.341. The van der Waals surface area contributed by atoms with Crippen molar-refractivity contribution < 1.29 is 9.59 Å². The average molecular weight is 410 g/mol. The number of carbonyl (C=O) groups excluding carboxylic acids is 2. The number of imide groups is 1. The number of hydrogen-bond donors (Lipinski definition) is 2. The Balaban J connectivity index is 1.66. The highest BCUT2D eigenvalue weighted by atomic mass is 16.2. The van der Waals surface area contributed by atoms with Gasteiger partial charge in [-0.15, -0.1) is 0 Å². The fourth-order valence-corrected chi connectivity index (χ4v) is 5.27. The molecule has 154 valence electrons. The first-order valence-electron chi connectivity index (χ1n) is 10.5. The third-order valence-corrected chi connectivity index (χ3v) is 6.65. The summed E-state index contributed by atoms with van der Waals surface area (Å²) in [4.78, 5) is 26.0. The van der Waals surface area contributed by atoms with Crippen LogP contribution in [0.1, 0.15) is 16.7 Å². The molecule has 0 spiro atoms. The van der Waals surface area contributed by atoms with Crippen molar-refractivity contribution in [2.75, 3.05) is 6.54 Å². The van der Waals surface area contributed by atoms with Crippen molar-refractivity contribution in [2.24, 2.45) is 18.7 Å². The van der Waals surface area contributed by atoms with Crippen LogP contribution in [0.25, 0.3) is 33.0 Å². The summed E-state index contributed by atoms with van der Waals surface area (Å²) in [6.45, 7) is 1.43. The lowest BCUT2D eigenvalue weighted by atomic mass is 9.92. The van der Waals surface area contributed by atoms with Gasteiger partial charge in [-0.2, -0.15) is 0 Å². The minimum atomic E-state index is -0.344.